The van der Waals surface area contributed by atoms with Gasteiger partial charge in [-0.05, 0) is 47.7 Å². The highest BCUT2D eigenvalue weighted by atomic mass is 32.2. The molecule has 3 heterocycles. The van der Waals surface area contributed by atoms with E-state index in [2.05, 4.69) is 15.3 Å². The Hall–Kier alpha value is -3.21. The van der Waals surface area contributed by atoms with E-state index in [1.807, 2.05) is 0 Å². The van der Waals surface area contributed by atoms with Crippen molar-refractivity contribution in [3.63, 3.8) is 0 Å². The standard InChI is InChI=1S/C19H16F3N5O2S/c20-19(21,22)30-14-3-1-13(2-4-14)27-16(28)11-26(18(27)29)10-12-5-6-23-9-15(12)17-24-7-8-25-17/h1-6,9,11,28H,7-8,10H2,(H,24,25). The van der Waals surface area contributed by atoms with Crippen LogP contribution in [0.1, 0.15) is 11.1 Å². The van der Waals surface area contributed by atoms with E-state index in [1.54, 1.807) is 18.5 Å². The highest BCUT2D eigenvalue weighted by Gasteiger charge is 2.29. The predicted octanol–water partition coefficient (Wildman–Crippen LogP) is 2.75. The second-order valence-electron chi connectivity index (χ2n) is 6.46. The van der Waals surface area contributed by atoms with Crippen molar-refractivity contribution >= 4 is 17.6 Å². The van der Waals surface area contributed by atoms with E-state index in [-0.39, 0.29) is 34.8 Å². The minimum Gasteiger partial charge on any atom is -0.493 e. The second-order valence-corrected chi connectivity index (χ2v) is 7.60. The summed E-state index contributed by atoms with van der Waals surface area (Å²) in [6.45, 7) is 1.55. The molecule has 0 amide bonds. The number of halogens is 3. The molecule has 0 unspecified atom stereocenters. The molecule has 0 saturated carbocycles. The van der Waals surface area contributed by atoms with Gasteiger partial charge in [-0.25, -0.2) is 9.36 Å². The molecule has 4 rings (SSSR count). The third-order valence-electron chi connectivity index (χ3n) is 4.45. The van der Waals surface area contributed by atoms with E-state index in [4.69, 9.17) is 0 Å². The van der Waals surface area contributed by atoms with Crippen molar-refractivity contribution < 1.29 is 18.3 Å². The van der Waals surface area contributed by atoms with Gasteiger partial charge in [0, 0.05) is 29.4 Å². The SMILES string of the molecule is O=c1n(Cc2ccncc2C2=NCCN2)cc(O)n1-c1ccc(SC(F)(F)F)cc1. The van der Waals surface area contributed by atoms with Crippen LogP contribution in [0.2, 0.25) is 0 Å². The van der Waals surface area contributed by atoms with Gasteiger partial charge in [0.25, 0.3) is 0 Å². The molecule has 1 aromatic carbocycles. The smallest absolute Gasteiger partial charge is 0.446 e. The molecule has 0 atom stereocenters. The highest BCUT2D eigenvalue weighted by Crippen LogP contribution is 2.37. The molecule has 30 heavy (non-hydrogen) atoms. The Morgan fingerprint density at radius 1 is 1.20 bits per heavy atom. The summed E-state index contributed by atoms with van der Waals surface area (Å²) in [6.07, 6.45) is 4.55. The first-order valence-corrected chi connectivity index (χ1v) is 9.72. The zero-order valence-corrected chi connectivity index (χ0v) is 16.2. The van der Waals surface area contributed by atoms with Crippen LogP contribution in [-0.4, -0.2) is 43.7 Å². The molecule has 0 radical (unpaired) electrons. The lowest BCUT2D eigenvalue weighted by molar-refractivity contribution is -0.0328. The van der Waals surface area contributed by atoms with Crippen LogP contribution in [0.4, 0.5) is 13.2 Å². The maximum absolute atomic E-state index is 12.9. The zero-order chi connectivity index (χ0) is 21.3. The second kappa shape index (κ2) is 7.90. The number of amidine groups is 1. The van der Waals surface area contributed by atoms with Crippen LogP contribution < -0.4 is 11.0 Å². The third-order valence-corrected chi connectivity index (χ3v) is 5.19. The van der Waals surface area contributed by atoms with Gasteiger partial charge in [0.15, 0.2) is 0 Å². The van der Waals surface area contributed by atoms with E-state index in [1.165, 1.54) is 35.0 Å². The number of thioether (sulfide) groups is 1. The summed E-state index contributed by atoms with van der Waals surface area (Å²) in [4.78, 5) is 21.3. The Morgan fingerprint density at radius 2 is 1.97 bits per heavy atom. The Kier molecular flexibility index (Phi) is 5.29. The summed E-state index contributed by atoms with van der Waals surface area (Å²) in [7, 11) is 0. The van der Waals surface area contributed by atoms with Gasteiger partial charge >= 0.3 is 11.2 Å². The molecule has 156 valence electrons. The van der Waals surface area contributed by atoms with Crippen LogP contribution in [0.15, 0.2) is 63.6 Å². The van der Waals surface area contributed by atoms with Gasteiger partial charge in [-0.15, -0.1) is 0 Å². The summed E-state index contributed by atoms with van der Waals surface area (Å²) >= 11 is -0.245. The van der Waals surface area contributed by atoms with Gasteiger partial charge in [-0.3, -0.25) is 14.5 Å². The predicted molar refractivity (Wildman–Crippen MR) is 106 cm³/mol. The van der Waals surface area contributed by atoms with Crippen molar-refractivity contribution in [2.45, 2.75) is 16.9 Å². The van der Waals surface area contributed by atoms with Gasteiger partial charge < -0.3 is 10.4 Å². The third kappa shape index (κ3) is 4.20. The molecule has 0 aliphatic carbocycles. The first kappa shape index (κ1) is 20.1. The number of nitrogens with zero attached hydrogens (tertiary/aromatic N) is 4. The van der Waals surface area contributed by atoms with Crippen LogP contribution in [0, 0.1) is 0 Å². The van der Waals surface area contributed by atoms with Crippen LogP contribution in [0.25, 0.3) is 5.69 Å². The summed E-state index contributed by atoms with van der Waals surface area (Å²) in [5, 5.41) is 13.5. The summed E-state index contributed by atoms with van der Waals surface area (Å²) < 4.78 is 39.8. The first-order valence-electron chi connectivity index (χ1n) is 8.91. The molecule has 2 N–H and O–H groups in total. The Bertz CT molecular complexity index is 1150. The minimum absolute atomic E-state index is 0.00973. The molecule has 0 spiro atoms. The number of rotatable bonds is 5. The molecule has 0 saturated heterocycles. The van der Waals surface area contributed by atoms with E-state index >= 15 is 0 Å². The Labute approximate surface area is 172 Å². The first-order chi connectivity index (χ1) is 14.3. The fraction of sp³-hybridized carbons (Fsp3) is 0.211. The number of pyridine rings is 1. The maximum atomic E-state index is 12.9. The molecule has 1 aliphatic rings. The number of benzene rings is 1. The molecular formula is C19H16F3N5O2S. The Balaban J connectivity index is 1.63. The molecule has 3 aromatic rings. The van der Waals surface area contributed by atoms with Crippen molar-refractivity contribution in [3.8, 4) is 11.6 Å². The van der Waals surface area contributed by atoms with Crippen molar-refractivity contribution in [1.29, 1.82) is 0 Å². The zero-order valence-electron chi connectivity index (χ0n) is 15.4. The number of hydrogen-bond donors (Lipinski definition) is 2. The molecule has 1 aliphatic heterocycles. The van der Waals surface area contributed by atoms with Crippen LogP contribution in [-0.2, 0) is 6.54 Å². The summed E-state index contributed by atoms with van der Waals surface area (Å²) in [5.41, 5.74) is -3.10. The molecule has 11 heteroatoms. The average Bonchev–Trinajstić information content (AvgIpc) is 3.31. The molecular weight excluding hydrogens is 419 g/mol. The molecule has 0 fully saturated rings. The van der Waals surface area contributed by atoms with Crippen LogP contribution >= 0.6 is 11.8 Å². The lowest BCUT2D eigenvalue weighted by Crippen LogP contribution is -2.26. The number of imidazole rings is 1. The van der Waals surface area contributed by atoms with Gasteiger partial charge in [0.1, 0.15) is 5.84 Å². The van der Waals surface area contributed by atoms with Crippen molar-refractivity contribution in [1.82, 2.24) is 19.4 Å². The van der Waals surface area contributed by atoms with Gasteiger partial charge in [-0.2, -0.15) is 13.2 Å². The minimum atomic E-state index is -4.40. The normalized spacial score (nSPS) is 13.9. The van der Waals surface area contributed by atoms with E-state index < -0.39 is 11.2 Å². The molecule has 2 aromatic heterocycles. The van der Waals surface area contributed by atoms with E-state index in [0.29, 0.717) is 12.4 Å². The number of aromatic hydroxyl groups is 1. The molecule has 0 bridgehead atoms. The van der Waals surface area contributed by atoms with Crippen LogP contribution in [0.3, 0.4) is 0 Å². The van der Waals surface area contributed by atoms with Crippen molar-refractivity contribution in [3.05, 3.63) is 70.5 Å². The summed E-state index contributed by atoms with van der Waals surface area (Å²) in [5.74, 6) is 0.385. The highest BCUT2D eigenvalue weighted by molar-refractivity contribution is 8.00. The Morgan fingerprint density at radius 3 is 2.63 bits per heavy atom. The van der Waals surface area contributed by atoms with Gasteiger partial charge in [-0.1, -0.05) is 0 Å². The lowest BCUT2D eigenvalue weighted by Gasteiger charge is -2.09. The topological polar surface area (TPSA) is 84.4 Å². The number of alkyl halides is 3. The fourth-order valence-electron chi connectivity index (χ4n) is 3.17. The maximum Gasteiger partial charge on any atom is 0.446 e. The van der Waals surface area contributed by atoms with Crippen molar-refractivity contribution in [2.24, 2.45) is 4.99 Å². The van der Waals surface area contributed by atoms with Gasteiger partial charge in [0.05, 0.1) is 25.0 Å². The van der Waals surface area contributed by atoms with E-state index in [0.717, 1.165) is 22.2 Å². The lowest BCUT2D eigenvalue weighted by atomic mass is 10.1. The number of nitrogens with one attached hydrogen (secondary N) is 1. The van der Waals surface area contributed by atoms with Gasteiger partial charge in [0.2, 0.25) is 5.88 Å². The number of aromatic nitrogens is 3. The quantitative estimate of drug-likeness (QED) is 0.602. The van der Waals surface area contributed by atoms with E-state index in [9.17, 15) is 23.1 Å². The largest absolute Gasteiger partial charge is 0.493 e. The average molecular weight is 435 g/mol. The summed E-state index contributed by atoms with van der Waals surface area (Å²) in [6, 6.07) is 6.98. The fourth-order valence-corrected chi connectivity index (χ4v) is 3.71. The van der Waals surface area contributed by atoms with Crippen LogP contribution in [0.5, 0.6) is 5.88 Å². The van der Waals surface area contributed by atoms with Crippen molar-refractivity contribution in [2.75, 3.05) is 13.1 Å². The number of hydrogen-bond acceptors (Lipinski definition) is 6. The number of aliphatic imine (C=N–C) groups is 1. The monoisotopic (exact) mass is 435 g/mol. The molecule has 7 nitrogen and oxygen atoms in total.